The van der Waals surface area contributed by atoms with Crippen LogP contribution in [0.5, 0.6) is 0 Å². The summed E-state index contributed by atoms with van der Waals surface area (Å²) >= 11 is 0. The average Bonchev–Trinajstić information content (AvgIpc) is 2.47. The van der Waals surface area contributed by atoms with E-state index in [9.17, 15) is 0 Å². The van der Waals surface area contributed by atoms with E-state index in [0.717, 1.165) is 13.0 Å². The minimum atomic E-state index is 1.07. The van der Waals surface area contributed by atoms with Gasteiger partial charge in [-0.2, -0.15) is 0 Å². The van der Waals surface area contributed by atoms with Crippen molar-refractivity contribution in [2.24, 2.45) is 0 Å². The van der Waals surface area contributed by atoms with Crippen molar-refractivity contribution in [3.05, 3.63) is 36.0 Å². The Balaban J connectivity index is 2.28. The Bertz CT molecular complexity index is 248. The second kappa shape index (κ2) is 7.47. The smallest absolute Gasteiger partial charge is 0.0163 e. The van der Waals surface area contributed by atoms with Gasteiger partial charge in [0, 0.05) is 6.54 Å². The molecule has 0 amide bonds. The van der Waals surface area contributed by atoms with Gasteiger partial charge in [0.25, 0.3) is 0 Å². The van der Waals surface area contributed by atoms with Gasteiger partial charge in [0.2, 0.25) is 0 Å². The number of rotatable bonds is 5. The molecule has 0 aliphatic heterocycles. The summed E-state index contributed by atoms with van der Waals surface area (Å²) in [6.45, 7) is 4.48. The molecule has 1 aliphatic carbocycles. The van der Waals surface area contributed by atoms with Crippen LogP contribution in [0.3, 0.4) is 0 Å². The Morgan fingerprint density at radius 1 is 1.40 bits per heavy atom. The summed E-state index contributed by atoms with van der Waals surface area (Å²) in [5.41, 5.74) is 1.49. The molecule has 1 aliphatic rings. The molecule has 0 aromatic carbocycles. The molecule has 1 rings (SSSR count). The lowest BCUT2D eigenvalue weighted by Gasteiger charge is -2.12. The van der Waals surface area contributed by atoms with Crippen LogP contribution in [-0.2, 0) is 0 Å². The van der Waals surface area contributed by atoms with Crippen LogP contribution < -0.4 is 0 Å². The van der Waals surface area contributed by atoms with Crippen molar-refractivity contribution in [2.75, 3.05) is 20.1 Å². The summed E-state index contributed by atoms with van der Waals surface area (Å²) < 4.78 is 0. The number of hydrogen-bond donors (Lipinski definition) is 0. The normalized spacial score (nSPS) is 17.1. The Labute approximate surface area is 94.2 Å². The van der Waals surface area contributed by atoms with E-state index in [-0.39, 0.29) is 0 Å². The molecular weight excluding hydrogens is 182 g/mol. The fraction of sp³-hybridized carbons (Fsp3) is 0.571. The minimum Gasteiger partial charge on any atom is -0.303 e. The second-order valence-electron chi connectivity index (χ2n) is 4.19. The third-order valence-electron chi connectivity index (χ3n) is 2.64. The van der Waals surface area contributed by atoms with E-state index >= 15 is 0 Å². The highest BCUT2D eigenvalue weighted by Crippen LogP contribution is 2.12. The first-order valence-electron chi connectivity index (χ1n) is 6.02. The molecule has 0 heterocycles. The molecule has 0 atom stereocenters. The molecule has 0 bridgehead atoms. The third-order valence-corrected chi connectivity index (χ3v) is 2.64. The topological polar surface area (TPSA) is 3.24 Å². The van der Waals surface area contributed by atoms with Gasteiger partial charge in [0.1, 0.15) is 0 Å². The molecule has 0 aromatic rings. The van der Waals surface area contributed by atoms with Gasteiger partial charge in [-0.05, 0) is 39.3 Å². The first kappa shape index (κ1) is 12.3. The van der Waals surface area contributed by atoms with E-state index in [0.29, 0.717) is 0 Å². The Kier molecular flexibility index (Phi) is 6.10. The highest BCUT2D eigenvalue weighted by molar-refractivity contribution is 5.22. The standard InChI is InChI=1S/C14H23N/c1-3-12-15(2)13-8-11-14-9-6-4-5-7-10-14/h4-5,8-9,11H,3,6-7,10,12-13H2,1-2H3. The molecule has 0 saturated heterocycles. The molecule has 0 saturated carbocycles. The maximum Gasteiger partial charge on any atom is 0.0163 e. The van der Waals surface area contributed by atoms with Crippen molar-refractivity contribution >= 4 is 0 Å². The molecule has 0 aromatic heterocycles. The van der Waals surface area contributed by atoms with Gasteiger partial charge in [-0.15, -0.1) is 0 Å². The predicted molar refractivity (Wildman–Crippen MR) is 68.0 cm³/mol. The van der Waals surface area contributed by atoms with Gasteiger partial charge < -0.3 is 4.90 Å². The van der Waals surface area contributed by atoms with E-state index in [1.54, 1.807) is 0 Å². The van der Waals surface area contributed by atoms with Crippen LogP contribution in [0.2, 0.25) is 0 Å². The molecule has 1 nitrogen and oxygen atoms in total. The summed E-state index contributed by atoms with van der Waals surface area (Å²) in [6, 6.07) is 0. The summed E-state index contributed by atoms with van der Waals surface area (Å²) in [5, 5.41) is 0. The summed E-state index contributed by atoms with van der Waals surface area (Å²) in [4.78, 5) is 2.35. The number of hydrogen-bond acceptors (Lipinski definition) is 1. The lowest BCUT2D eigenvalue weighted by atomic mass is 10.1. The van der Waals surface area contributed by atoms with Crippen LogP contribution in [-0.4, -0.2) is 25.0 Å². The van der Waals surface area contributed by atoms with Gasteiger partial charge >= 0.3 is 0 Å². The van der Waals surface area contributed by atoms with Crippen molar-refractivity contribution in [1.82, 2.24) is 4.90 Å². The molecular formula is C14H23N. The van der Waals surface area contributed by atoms with E-state index < -0.39 is 0 Å². The fourth-order valence-electron chi connectivity index (χ4n) is 1.79. The average molecular weight is 205 g/mol. The Hall–Kier alpha value is -0.820. The van der Waals surface area contributed by atoms with Gasteiger partial charge in [-0.3, -0.25) is 0 Å². The lowest BCUT2D eigenvalue weighted by Crippen LogP contribution is -2.18. The van der Waals surface area contributed by atoms with Gasteiger partial charge in [0.15, 0.2) is 0 Å². The molecule has 0 radical (unpaired) electrons. The Morgan fingerprint density at radius 2 is 2.27 bits per heavy atom. The van der Waals surface area contributed by atoms with Crippen LogP contribution in [0.15, 0.2) is 36.0 Å². The fourth-order valence-corrected chi connectivity index (χ4v) is 1.79. The maximum absolute atomic E-state index is 2.35. The van der Waals surface area contributed by atoms with Crippen molar-refractivity contribution in [3.8, 4) is 0 Å². The third kappa shape index (κ3) is 5.58. The first-order chi connectivity index (χ1) is 7.33. The van der Waals surface area contributed by atoms with E-state index in [2.05, 4.69) is 49.3 Å². The summed E-state index contributed by atoms with van der Waals surface area (Å²) in [7, 11) is 2.18. The van der Waals surface area contributed by atoms with Gasteiger partial charge in [-0.25, -0.2) is 0 Å². The van der Waals surface area contributed by atoms with Crippen molar-refractivity contribution in [2.45, 2.75) is 32.6 Å². The zero-order chi connectivity index (χ0) is 10.9. The highest BCUT2D eigenvalue weighted by Gasteiger charge is 1.95. The van der Waals surface area contributed by atoms with Gasteiger partial charge in [-0.1, -0.05) is 42.9 Å². The molecule has 84 valence electrons. The zero-order valence-corrected chi connectivity index (χ0v) is 10.1. The number of likely N-dealkylation sites (N-methyl/N-ethyl adjacent to an activating group) is 1. The largest absolute Gasteiger partial charge is 0.303 e. The van der Waals surface area contributed by atoms with Crippen molar-refractivity contribution < 1.29 is 0 Å². The van der Waals surface area contributed by atoms with E-state index in [1.807, 2.05) is 0 Å². The molecule has 0 spiro atoms. The number of nitrogens with zero attached hydrogens (tertiary/aromatic N) is 1. The van der Waals surface area contributed by atoms with Crippen LogP contribution >= 0.6 is 0 Å². The molecule has 15 heavy (non-hydrogen) atoms. The van der Waals surface area contributed by atoms with Crippen LogP contribution in [0.25, 0.3) is 0 Å². The van der Waals surface area contributed by atoms with Gasteiger partial charge in [0.05, 0.1) is 0 Å². The lowest BCUT2D eigenvalue weighted by molar-refractivity contribution is 0.371. The molecule has 1 heteroatoms. The molecule has 0 N–H and O–H groups in total. The van der Waals surface area contributed by atoms with Crippen molar-refractivity contribution in [3.63, 3.8) is 0 Å². The predicted octanol–water partition coefficient (Wildman–Crippen LogP) is 3.55. The monoisotopic (exact) mass is 205 g/mol. The van der Waals surface area contributed by atoms with Crippen LogP contribution in [0, 0.1) is 0 Å². The summed E-state index contributed by atoms with van der Waals surface area (Å²) in [5.74, 6) is 0. The first-order valence-corrected chi connectivity index (χ1v) is 6.02. The maximum atomic E-state index is 2.35. The molecule has 0 fully saturated rings. The van der Waals surface area contributed by atoms with E-state index in [1.165, 1.54) is 31.4 Å². The minimum absolute atomic E-state index is 1.07. The van der Waals surface area contributed by atoms with Crippen LogP contribution in [0.4, 0.5) is 0 Å². The molecule has 0 unspecified atom stereocenters. The number of allylic oxidation sites excluding steroid dienone is 5. The second-order valence-corrected chi connectivity index (χ2v) is 4.19. The highest BCUT2D eigenvalue weighted by atomic mass is 15.1. The van der Waals surface area contributed by atoms with Crippen molar-refractivity contribution in [1.29, 1.82) is 0 Å². The SMILES string of the molecule is CCCN(C)CC=CC1=CCC=CCC1. The Morgan fingerprint density at radius 3 is 3.07 bits per heavy atom. The zero-order valence-electron chi connectivity index (χ0n) is 10.1. The quantitative estimate of drug-likeness (QED) is 0.620. The summed E-state index contributed by atoms with van der Waals surface area (Å²) in [6.07, 6.45) is 16.2. The van der Waals surface area contributed by atoms with E-state index in [4.69, 9.17) is 0 Å². The van der Waals surface area contributed by atoms with Crippen LogP contribution in [0.1, 0.15) is 32.6 Å².